The van der Waals surface area contributed by atoms with Gasteiger partial charge in [0, 0.05) is 60.5 Å². The van der Waals surface area contributed by atoms with Crippen LogP contribution in [-0.4, -0.2) is 27.5 Å². The monoisotopic (exact) mass is 305 g/mol. The van der Waals surface area contributed by atoms with Crippen molar-refractivity contribution in [3.05, 3.63) is 65.6 Å². The standard InChI is InChI=1S/C20H23N3/c1-15-13-20-18(14-22(15)2)17-8-3-4-9-19(17)23(20)12-10-16-7-5-6-11-21-16/h3-9,11,15H,10,12-14H2,1-2H3. The molecule has 0 saturated carbocycles. The average molecular weight is 305 g/mol. The van der Waals surface area contributed by atoms with Crippen molar-refractivity contribution in [2.24, 2.45) is 0 Å². The summed E-state index contributed by atoms with van der Waals surface area (Å²) in [6.07, 6.45) is 3.99. The molecule has 1 aromatic carbocycles. The second-order valence-electron chi connectivity index (χ2n) is 6.63. The van der Waals surface area contributed by atoms with Crippen molar-refractivity contribution in [3.8, 4) is 0 Å². The zero-order valence-electron chi connectivity index (χ0n) is 13.9. The molecule has 0 amide bonds. The fraction of sp³-hybridized carbons (Fsp3) is 0.350. The maximum Gasteiger partial charge on any atom is 0.0486 e. The van der Waals surface area contributed by atoms with Crippen LogP contribution in [0, 0.1) is 0 Å². The molecule has 3 nitrogen and oxygen atoms in total. The molecule has 0 bridgehead atoms. The fourth-order valence-electron chi connectivity index (χ4n) is 3.71. The fourth-order valence-corrected chi connectivity index (χ4v) is 3.71. The third-order valence-electron chi connectivity index (χ3n) is 5.16. The minimum Gasteiger partial charge on any atom is -0.344 e. The second kappa shape index (κ2) is 5.82. The van der Waals surface area contributed by atoms with Crippen LogP contribution in [-0.2, 0) is 25.9 Å². The molecule has 0 saturated heterocycles. The first kappa shape index (κ1) is 14.5. The predicted octanol–water partition coefficient (Wildman–Crippen LogP) is 3.66. The minimum absolute atomic E-state index is 0.598. The Labute approximate surface area is 137 Å². The van der Waals surface area contributed by atoms with Crippen molar-refractivity contribution < 1.29 is 0 Å². The predicted molar refractivity (Wildman–Crippen MR) is 94.5 cm³/mol. The highest BCUT2D eigenvalue weighted by atomic mass is 15.1. The molecule has 0 N–H and O–H groups in total. The molecule has 3 aromatic rings. The summed E-state index contributed by atoms with van der Waals surface area (Å²) in [7, 11) is 2.23. The van der Waals surface area contributed by atoms with Gasteiger partial charge in [-0.25, -0.2) is 0 Å². The van der Waals surface area contributed by atoms with Crippen molar-refractivity contribution >= 4 is 10.9 Å². The Morgan fingerprint density at radius 1 is 1.13 bits per heavy atom. The molecule has 118 valence electrons. The largest absolute Gasteiger partial charge is 0.344 e. The molecule has 1 unspecified atom stereocenters. The zero-order chi connectivity index (χ0) is 15.8. The molecule has 1 atom stereocenters. The van der Waals surface area contributed by atoms with Crippen molar-refractivity contribution in [2.75, 3.05) is 7.05 Å². The normalized spacial score (nSPS) is 18.3. The van der Waals surface area contributed by atoms with E-state index in [1.165, 1.54) is 27.9 Å². The van der Waals surface area contributed by atoms with Gasteiger partial charge in [0.2, 0.25) is 0 Å². The Hall–Kier alpha value is -2.13. The second-order valence-corrected chi connectivity index (χ2v) is 6.63. The molecule has 3 heteroatoms. The van der Waals surface area contributed by atoms with Gasteiger partial charge in [-0.05, 0) is 37.7 Å². The van der Waals surface area contributed by atoms with E-state index in [0.717, 1.165) is 25.9 Å². The van der Waals surface area contributed by atoms with E-state index in [-0.39, 0.29) is 0 Å². The molecule has 23 heavy (non-hydrogen) atoms. The van der Waals surface area contributed by atoms with Gasteiger partial charge in [-0.3, -0.25) is 9.88 Å². The van der Waals surface area contributed by atoms with Crippen LogP contribution >= 0.6 is 0 Å². The van der Waals surface area contributed by atoms with Crippen LogP contribution < -0.4 is 0 Å². The van der Waals surface area contributed by atoms with Crippen molar-refractivity contribution in [3.63, 3.8) is 0 Å². The lowest BCUT2D eigenvalue weighted by Gasteiger charge is -2.31. The van der Waals surface area contributed by atoms with Gasteiger partial charge in [-0.1, -0.05) is 24.3 Å². The molecule has 4 rings (SSSR count). The van der Waals surface area contributed by atoms with Crippen molar-refractivity contribution in [1.29, 1.82) is 0 Å². The van der Waals surface area contributed by atoms with Crippen LogP contribution in [0.15, 0.2) is 48.7 Å². The lowest BCUT2D eigenvalue weighted by molar-refractivity contribution is 0.228. The van der Waals surface area contributed by atoms with E-state index in [1.807, 2.05) is 12.3 Å². The van der Waals surface area contributed by atoms with Gasteiger partial charge >= 0.3 is 0 Å². The number of benzene rings is 1. The molecule has 3 heterocycles. The molecule has 2 aromatic heterocycles. The highest BCUT2D eigenvalue weighted by molar-refractivity contribution is 5.85. The lowest BCUT2D eigenvalue weighted by Crippen LogP contribution is -2.35. The molecule has 1 aliphatic rings. The van der Waals surface area contributed by atoms with Crippen LogP contribution in [0.1, 0.15) is 23.9 Å². The van der Waals surface area contributed by atoms with Crippen LogP contribution in [0.5, 0.6) is 0 Å². The number of likely N-dealkylation sites (N-methyl/N-ethyl adjacent to an activating group) is 1. The highest BCUT2D eigenvalue weighted by Crippen LogP contribution is 2.32. The van der Waals surface area contributed by atoms with E-state index in [9.17, 15) is 0 Å². The first-order valence-electron chi connectivity index (χ1n) is 8.43. The number of hydrogen-bond acceptors (Lipinski definition) is 2. The molecular formula is C20H23N3. The highest BCUT2D eigenvalue weighted by Gasteiger charge is 2.26. The van der Waals surface area contributed by atoms with Crippen LogP contribution in [0.4, 0.5) is 0 Å². The van der Waals surface area contributed by atoms with E-state index in [2.05, 4.69) is 64.8 Å². The Kier molecular flexibility index (Phi) is 3.66. The summed E-state index contributed by atoms with van der Waals surface area (Å²) in [6.45, 7) is 4.38. The Balaban J connectivity index is 1.75. The summed E-state index contributed by atoms with van der Waals surface area (Å²) >= 11 is 0. The number of nitrogens with zero attached hydrogens (tertiary/aromatic N) is 3. The zero-order valence-corrected chi connectivity index (χ0v) is 13.9. The lowest BCUT2D eigenvalue weighted by atomic mass is 10.00. The summed E-state index contributed by atoms with van der Waals surface area (Å²) in [5.74, 6) is 0. The molecule has 0 aliphatic carbocycles. The smallest absolute Gasteiger partial charge is 0.0486 e. The molecule has 0 radical (unpaired) electrons. The Morgan fingerprint density at radius 3 is 2.78 bits per heavy atom. The quantitative estimate of drug-likeness (QED) is 0.736. The van der Waals surface area contributed by atoms with E-state index in [0.29, 0.717) is 6.04 Å². The van der Waals surface area contributed by atoms with Crippen molar-refractivity contribution in [1.82, 2.24) is 14.5 Å². The number of rotatable bonds is 3. The van der Waals surface area contributed by atoms with E-state index in [4.69, 9.17) is 0 Å². The average Bonchev–Trinajstić information content (AvgIpc) is 2.88. The number of aryl methyl sites for hydroxylation is 2. The molecule has 0 spiro atoms. The number of fused-ring (bicyclic) bond motifs is 3. The maximum atomic E-state index is 4.48. The minimum atomic E-state index is 0.598. The van der Waals surface area contributed by atoms with Gasteiger partial charge < -0.3 is 4.57 Å². The maximum absolute atomic E-state index is 4.48. The Bertz CT molecular complexity index is 820. The summed E-state index contributed by atoms with van der Waals surface area (Å²) in [5.41, 5.74) is 5.57. The SMILES string of the molecule is CC1Cc2c(c3ccccc3n2CCc2ccccn2)CN1C. The first-order valence-corrected chi connectivity index (χ1v) is 8.43. The van der Waals surface area contributed by atoms with Crippen LogP contribution in [0.2, 0.25) is 0 Å². The van der Waals surface area contributed by atoms with Gasteiger partial charge in [-0.15, -0.1) is 0 Å². The molecule has 0 fully saturated rings. The number of aromatic nitrogens is 2. The van der Waals surface area contributed by atoms with Gasteiger partial charge in [-0.2, -0.15) is 0 Å². The van der Waals surface area contributed by atoms with Gasteiger partial charge in [0.1, 0.15) is 0 Å². The molecular weight excluding hydrogens is 282 g/mol. The summed E-state index contributed by atoms with van der Waals surface area (Å²) in [5, 5.41) is 1.42. The first-order chi connectivity index (χ1) is 11.2. The van der Waals surface area contributed by atoms with Gasteiger partial charge in [0.05, 0.1) is 0 Å². The molecule has 1 aliphatic heterocycles. The third-order valence-corrected chi connectivity index (χ3v) is 5.16. The summed E-state index contributed by atoms with van der Waals surface area (Å²) in [4.78, 5) is 6.93. The Morgan fingerprint density at radius 2 is 1.96 bits per heavy atom. The van der Waals surface area contributed by atoms with E-state index in [1.54, 1.807) is 0 Å². The summed E-state index contributed by atoms with van der Waals surface area (Å²) < 4.78 is 2.53. The topological polar surface area (TPSA) is 21.1 Å². The van der Waals surface area contributed by atoms with Crippen LogP contribution in [0.3, 0.4) is 0 Å². The number of hydrogen-bond donors (Lipinski definition) is 0. The van der Waals surface area contributed by atoms with Gasteiger partial charge in [0.25, 0.3) is 0 Å². The van der Waals surface area contributed by atoms with Crippen molar-refractivity contribution in [2.45, 2.75) is 38.9 Å². The summed E-state index contributed by atoms with van der Waals surface area (Å²) in [6, 6.07) is 15.6. The third kappa shape index (κ3) is 2.55. The van der Waals surface area contributed by atoms with Crippen LogP contribution in [0.25, 0.3) is 10.9 Å². The van der Waals surface area contributed by atoms with E-state index < -0.39 is 0 Å². The number of para-hydroxylation sites is 1. The van der Waals surface area contributed by atoms with Gasteiger partial charge in [0.15, 0.2) is 0 Å². The number of pyridine rings is 1. The van der Waals surface area contributed by atoms with E-state index >= 15 is 0 Å².